The number of ether oxygens (including phenoxy) is 1. The maximum absolute atomic E-state index is 12.9. The number of hydrogen-bond acceptors (Lipinski definition) is 5. The highest BCUT2D eigenvalue weighted by Crippen LogP contribution is 2.27. The fourth-order valence-corrected chi connectivity index (χ4v) is 6.76. The van der Waals surface area contributed by atoms with Crippen molar-refractivity contribution in [1.82, 2.24) is 8.61 Å². The third kappa shape index (κ3) is 3.96. The monoisotopic (exact) mass is 402 g/mol. The van der Waals surface area contributed by atoms with E-state index in [4.69, 9.17) is 4.74 Å². The van der Waals surface area contributed by atoms with Gasteiger partial charge in [0.25, 0.3) is 0 Å². The second kappa shape index (κ2) is 7.55. The highest BCUT2D eigenvalue weighted by molar-refractivity contribution is 7.89. The number of hydrogen-bond donors (Lipinski definition) is 0. The van der Waals surface area contributed by atoms with Crippen LogP contribution in [-0.4, -0.2) is 64.8 Å². The number of nitrogens with zero attached hydrogens (tertiary/aromatic N) is 2. The lowest BCUT2D eigenvalue weighted by Gasteiger charge is -2.34. The molecule has 2 aliphatic rings. The van der Waals surface area contributed by atoms with E-state index in [2.05, 4.69) is 13.8 Å². The van der Waals surface area contributed by atoms with E-state index in [1.165, 1.54) is 32.9 Å². The molecule has 2 fully saturated rings. The van der Waals surface area contributed by atoms with Gasteiger partial charge >= 0.3 is 0 Å². The van der Waals surface area contributed by atoms with E-state index in [1.54, 1.807) is 0 Å². The van der Waals surface area contributed by atoms with E-state index in [9.17, 15) is 16.8 Å². The van der Waals surface area contributed by atoms with Crippen LogP contribution in [0.5, 0.6) is 0 Å². The third-order valence-corrected chi connectivity index (χ3v) is 8.66. The number of rotatable bonds is 4. The first-order valence-corrected chi connectivity index (χ1v) is 11.8. The van der Waals surface area contributed by atoms with Gasteiger partial charge in [-0.25, -0.2) is 16.8 Å². The molecule has 2 saturated heterocycles. The number of piperidine rings is 1. The van der Waals surface area contributed by atoms with Crippen molar-refractivity contribution in [2.75, 3.05) is 39.4 Å². The normalized spacial score (nSPS) is 26.7. The van der Waals surface area contributed by atoms with E-state index in [0.717, 1.165) is 6.42 Å². The van der Waals surface area contributed by atoms with E-state index in [-0.39, 0.29) is 9.79 Å². The lowest BCUT2D eigenvalue weighted by Crippen LogP contribution is -2.42. The van der Waals surface area contributed by atoms with Gasteiger partial charge in [0.1, 0.15) is 0 Å². The lowest BCUT2D eigenvalue weighted by molar-refractivity contribution is 0.0730. The summed E-state index contributed by atoms with van der Waals surface area (Å²) in [6.45, 7) is 6.47. The van der Waals surface area contributed by atoms with E-state index >= 15 is 0 Å². The molecule has 0 aliphatic carbocycles. The standard InChI is InChI=1S/C17H26N2O5S2/c1-14-11-15(2)13-19(12-14)26(22,23)17-5-3-16(4-6-17)25(20,21)18-7-9-24-10-8-18/h3-6,14-15H,7-13H2,1-2H3/t14-,15+. The summed E-state index contributed by atoms with van der Waals surface area (Å²) in [5.74, 6) is 0.629. The smallest absolute Gasteiger partial charge is 0.243 e. The molecule has 0 spiro atoms. The molecule has 0 saturated carbocycles. The van der Waals surface area contributed by atoms with Crippen LogP contribution in [0.4, 0.5) is 0 Å². The molecule has 1 aromatic carbocycles. The van der Waals surface area contributed by atoms with Crippen LogP contribution >= 0.6 is 0 Å². The van der Waals surface area contributed by atoms with E-state index < -0.39 is 20.0 Å². The first kappa shape index (κ1) is 19.8. The fraction of sp³-hybridized carbons (Fsp3) is 0.647. The lowest BCUT2D eigenvalue weighted by atomic mass is 9.94. The zero-order valence-electron chi connectivity index (χ0n) is 15.2. The number of morpholine rings is 1. The third-order valence-electron chi connectivity index (χ3n) is 4.90. The van der Waals surface area contributed by atoms with Crippen LogP contribution in [0, 0.1) is 11.8 Å². The summed E-state index contributed by atoms with van der Waals surface area (Å²) in [6, 6.07) is 5.56. The molecule has 7 nitrogen and oxygen atoms in total. The van der Waals surface area contributed by atoms with Crippen LogP contribution in [0.25, 0.3) is 0 Å². The Balaban J connectivity index is 1.82. The van der Waals surface area contributed by atoms with Crippen LogP contribution < -0.4 is 0 Å². The second-order valence-corrected chi connectivity index (χ2v) is 11.1. The first-order chi connectivity index (χ1) is 12.2. The van der Waals surface area contributed by atoms with Crippen LogP contribution in [0.3, 0.4) is 0 Å². The van der Waals surface area contributed by atoms with Gasteiger partial charge in [0.05, 0.1) is 23.0 Å². The van der Waals surface area contributed by atoms with Crippen LogP contribution in [0.1, 0.15) is 20.3 Å². The highest BCUT2D eigenvalue weighted by Gasteiger charge is 2.32. The molecule has 0 radical (unpaired) electrons. The molecule has 146 valence electrons. The SMILES string of the molecule is C[C@@H]1C[C@H](C)CN(S(=O)(=O)c2ccc(S(=O)(=O)N3CCOCC3)cc2)C1. The van der Waals surface area contributed by atoms with Crippen LogP contribution in [-0.2, 0) is 24.8 Å². The zero-order chi connectivity index (χ0) is 18.9. The molecule has 2 heterocycles. The molecule has 0 unspecified atom stereocenters. The Morgan fingerprint density at radius 3 is 1.69 bits per heavy atom. The first-order valence-electron chi connectivity index (χ1n) is 8.89. The zero-order valence-corrected chi connectivity index (χ0v) is 16.8. The van der Waals surface area contributed by atoms with Crippen molar-refractivity contribution >= 4 is 20.0 Å². The van der Waals surface area contributed by atoms with Gasteiger partial charge in [-0.05, 0) is 42.5 Å². The molecule has 2 aliphatic heterocycles. The van der Waals surface area contributed by atoms with Gasteiger partial charge in [0.15, 0.2) is 0 Å². The maximum atomic E-state index is 12.9. The van der Waals surface area contributed by atoms with Gasteiger partial charge < -0.3 is 4.74 Å². The fourth-order valence-electron chi connectivity index (χ4n) is 3.67. The van der Waals surface area contributed by atoms with Gasteiger partial charge in [-0.15, -0.1) is 0 Å². The summed E-state index contributed by atoms with van der Waals surface area (Å²) in [5, 5.41) is 0. The topological polar surface area (TPSA) is 84.0 Å². The summed E-state index contributed by atoms with van der Waals surface area (Å²) < 4.78 is 59.1. The van der Waals surface area contributed by atoms with Crippen molar-refractivity contribution in [3.63, 3.8) is 0 Å². The summed E-state index contributed by atoms with van der Waals surface area (Å²) in [6.07, 6.45) is 1.02. The van der Waals surface area contributed by atoms with Crippen LogP contribution in [0.15, 0.2) is 34.1 Å². The van der Waals surface area contributed by atoms with Gasteiger partial charge in [0.2, 0.25) is 20.0 Å². The van der Waals surface area contributed by atoms with Crippen LogP contribution in [0.2, 0.25) is 0 Å². The molecule has 0 amide bonds. The number of benzene rings is 1. The van der Waals surface area contributed by atoms with Crippen molar-refractivity contribution in [3.05, 3.63) is 24.3 Å². The minimum atomic E-state index is -3.62. The Labute approximate surface area is 156 Å². The largest absolute Gasteiger partial charge is 0.379 e. The molecular formula is C17H26N2O5S2. The quantitative estimate of drug-likeness (QED) is 0.760. The summed E-state index contributed by atoms with van der Waals surface area (Å²) in [7, 11) is -7.23. The van der Waals surface area contributed by atoms with Gasteiger partial charge in [-0.3, -0.25) is 0 Å². The minimum Gasteiger partial charge on any atom is -0.379 e. The predicted molar refractivity (Wildman–Crippen MR) is 97.7 cm³/mol. The summed E-state index contributed by atoms with van der Waals surface area (Å²) in [5.41, 5.74) is 0. The molecule has 0 aromatic heterocycles. The maximum Gasteiger partial charge on any atom is 0.243 e. The van der Waals surface area contributed by atoms with Crippen molar-refractivity contribution in [1.29, 1.82) is 0 Å². The van der Waals surface area contributed by atoms with Crippen molar-refractivity contribution in [2.24, 2.45) is 11.8 Å². The predicted octanol–water partition coefficient (Wildman–Crippen LogP) is 1.37. The summed E-state index contributed by atoms with van der Waals surface area (Å²) in [4.78, 5) is 0.249. The molecule has 9 heteroatoms. The average molecular weight is 403 g/mol. The van der Waals surface area contributed by atoms with E-state index in [1.807, 2.05) is 0 Å². The van der Waals surface area contributed by atoms with Crippen molar-refractivity contribution < 1.29 is 21.6 Å². The molecule has 3 rings (SSSR count). The highest BCUT2D eigenvalue weighted by atomic mass is 32.2. The molecule has 0 N–H and O–H groups in total. The second-order valence-electron chi connectivity index (χ2n) is 7.26. The van der Waals surface area contributed by atoms with Gasteiger partial charge in [-0.1, -0.05) is 13.8 Å². The Bertz CT molecular complexity index is 820. The number of sulfonamides is 2. The van der Waals surface area contributed by atoms with Gasteiger partial charge in [-0.2, -0.15) is 8.61 Å². The van der Waals surface area contributed by atoms with E-state index in [0.29, 0.717) is 51.2 Å². The summed E-state index contributed by atoms with van der Waals surface area (Å²) >= 11 is 0. The Morgan fingerprint density at radius 1 is 0.808 bits per heavy atom. The molecule has 0 bridgehead atoms. The average Bonchev–Trinajstić information content (AvgIpc) is 2.62. The van der Waals surface area contributed by atoms with Gasteiger partial charge in [0, 0.05) is 26.2 Å². The molecular weight excluding hydrogens is 376 g/mol. The molecule has 2 atom stereocenters. The Morgan fingerprint density at radius 2 is 1.23 bits per heavy atom. The minimum absolute atomic E-state index is 0.110. The Hall–Kier alpha value is -1.00. The Kier molecular flexibility index (Phi) is 5.74. The molecule has 1 aromatic rings. The van der Waals surface area contributed by atoms with Crippen molar-refractivity contribution in [2.45, 2.75) is 30.1 Å². The van der Waals surface area contributed by atoms with Crippen molar-refractivity contribution in [3.8, 4) is 0 Å². The molecule has 26 heavy (non-hydrogen) atoms.